The van der Waals surface area contributed by atoms with Crippen LogP contribution in [0.1, 0.15) is 32.6 Å². The molecule has 0 heterocycles. The summed E-state index contributed by atoms with van der Waals surface area (Å²) in [7, 11) is 0. The van der Waals surface area contributed by atoms with Crippen molar-refractivity contribution in [3.63, 3.8) is 0 Å². The molecule has 0 spiro atoms. The molecule has 1 aliphatic carbocycles. The summed E-state index contributed by atoms with van der Waals surface area (Å²) >= 11 is 0. The number of aliphatic hydroxyl groups is 1. The zero-order valence-corrected chi connectivity index (χ0v) is 7.55. The quantitative estimate of drug-likeness (QED) is 0.656. The highest BCUT2D eigenvalue weighted by molar-refractivity contribution is 5.78. The van der Waals surface area contributed by atoms with E-state index in [4.69, 9.17) is 0 Å². The van der Waals surface area contributed by atoms with E-state index >= 15 is 0 Å². The Morgan fingerprint density at radius 1 is 1.58 bits per heavy atom. The Kier molecular flexibility index (Phi) is 3.53. The lowest BCUT2D eigenvalue weighted by Crippen LogP contribution is -2.30. The SMILES string of the molecule is CCCNC(=O)C1CCC(O)C1. The molecule has 0 saturated heterocycles. The Bertz CT molecular complexity index is 159. The summed E-state index contributed by atoms with van der Waals surface area (Å²) in [5.74, 6) is 0.181. The van der Waals surface area contributed by atoms with Crippen LogP contribution in [0.4, 0.5) is 0 Å². The van der Waals surface area contributed by atoms with Crippen molar-refractivity contribution in [1.29, 1.82) is 0 Å². The normalized spacial score (nSPS) is 28.8. The Hall–Kier alpha value is -0.570. The lowest BCUT2D eigenvalue weighted by molar-refractivity contribution is -0.125. The Labute approximate surface area is 73.2 Å². The number of aliphatic hydroxyl groups excluding tert-OH is 1. The minimum absolute atomic E-state index is 0.0616. The first kappa shape index (κ1) is 9.52. The number of carbonyl (C=O) groups is 1. The molecule has 3 heteroatoms. The Morgan fingerprint density at radius 3 is 2.83 bits per heavy atom. The molecule has 0 aromatic heterocycles. The van der Waals surface area contributed by atoms with Gasteiger partial charge in [0, 0.05) is 12.5 Å². The van der Waals surface area contributed by atoms with E-state index in [-0.39, 0.29) is 17.9 Å². The van der Waals surface area contributed by atoms with Gasteiger partial charge in [0.1, 0.15) is 0 Å². The lowest BCUT2D eigenvalue weighted by atomic mass is 10.1. The fourth-order valence-electron chi connectivity index (χ4n) is 1.59. The van der Waals surface area contributed by atoms with E-state index in [1.165, 1.54) is 0 Å². The van der Waals surface area contributed by atoms with Crippen LogP contribution in [0.2, 0.25) is 0 Å². The molecule has 2 N–H and O–H groups in total. The molecule has 2 atom stereocenters. The monoisotopic (exact) mass is 171 g/mol. The minimum atomic E-state index is -0.248. The second-order valence-electron chi connectivity index (χ2n) is 3.45. The topological polar surface area (TPSA) is 49.3 Å². The first-order valence-electron chi connectivity index (χ1n) is 4.69. The van der Waals surface area contributed by atoms with Crippen LogP contribution in [0.3, 0.4) is 0 Å². The third-order valence-corrected chi connectivity index (χ3v) is 2.32. The maximum Gasteiger partial charge on any atom is 0.223 e. The standard InChI is InChI=1S/C9H17NO2/c1-2-5-10-9(12)7-3-4-8(11)6-7/h7-8,11H,2-6H2,1H3,(H,10,12). The number of amides is 1. The Morgan fingerprint density at radius 2 is 2.33 bits per heavy atom. The number of nitrogens with one attached hydrogen (secondary N) is 1. The highest BCUT2D eigenvalue weighted by Crippen LogP contribution is 2.25. The van der Waals surface area contributed by atoms with Gasteiger partial charge in [0.15, 0.2) is 0 Å². The smallest absolute Gasteiger partial charge is 0.223 e. The molecule has 12 heavy (non-hydrogen) atoms. The van der Waals surface area contributed by atoms with Crippen LogP contribution >= 0.6 is 0 Å². The van der Waals surface area contributed by atoms with Crippen LogP contribution < -0.4 is 5.32 Å². The first-order chi connectivity index (χ1) is 5.74. The molecule has 0 bridgehead atoms. The van der Waals surface area contributed by atoms with Gasteiger partial charge in [-0.2, -0.15) is 0 Å². The highest BCUT2D eigenvalue weighted by atomic mass is 16.3. The molecular formula is C9H17NO2. The number of rotatable bonds is 3. The van der Waals surface area contributed by atoms with Crippen molar-refractivity contribution in [3.05, 3.63) is 0 Å². The van der Waals surface area contributed by atoms with Crippen LogP contribution in [0.5, 0.6) is 0 Å². The molecule has 1 rings (SSSR count). The molecule has 3 nitrogen and oxygen atoms in total. The second kappa shape index (κ2) is 4.45. The molecule has 0 aliphatic heterocycles. The van der Waals surface area contributed by atoms with Gasteiger partial charge in [-0.15, -0.1) is 0 Å². The van der Waals surface area contributed by atoms with E-state index in [0.29, 0.717) is 6.42 Å². The van der Waals surface area contributed by atoms with E-state index in [9.17, 15) is 9.90 Å². The maximum absolute atomic E-state index is 11.3. The van der Waals surface area contributed by atoms with E-state index in [1.54, 1.807) is 0 Å². The summed E-state index contributed by atoms with van der Waals surface area (Å²) in [6.45, 7) is 2.79. The Balaban J connectivity index is 2.23. The van der Waals surface area contributed by atoms with Crippen molar-refractivity contribution in [2.75, 3.05) is 6.54 Å². The van der Waals surface area contributed by atoms with Crippen molar-refractivity contribution in [2.24, 2.45) is 5.92 Å². The fourth-order valence-corrected chi connectivity index (χ4v) is 1.59. The summed E-state index contributed by atoms with van der Waals surface area (Å²) in [5.41, 5.74) is 0. The molecule has 70 valence electrons. The average molecular weight is 171 g/mol. The second-order valence-corrected chi connectivity index (χ2v) is 3.45. The summed E-state index contributed by atoms with van der Waals surface area (Å²) < 4.78 is 0. The highest BCUT2D eigenvalue weighted by Gasteiger charge is 2.27. The summed E-state index contributed by atoms with van der Waals surface area (Å²) in [4.78, 5) is 11.3. The van der Waals surface area contributed by atoms with Gasteiger partial charge in [-0.3, -0.25) is 4.79 Å². The zero-order chi connectivity index (χ0) is 8.97. The molecule has 0 radical (unpaired) electrons. The van der Waals surface area contributed by atoms with Gasteiger partial charge >= 0.3 is 0 Å². The molecular weight excluding hydrogens is 154 g/mol. The minimum Gasteiger partial charge on any atom is -0.393 e. The third kappa shape index (κ3) is 2.48. The maximum atomic E-state index is 11.3. The van der Waals surface area contributed by atoms with Gasteiger partial charge in [0.2, 0.25) is 5.91 Å². The number of hydrogen-bond acceptors (Lipinski definition) is 2. The summed E-state index contributed by atoms with van der Waals surface area (Å²) in [5, 5.41) is 12.0. The van der Waals surface area contributed by atoms with E-state index in [2.05, 4.69) is 5.32 Å². The molecule has 2 unspecified atom stereocenters. The van der Waals surface area contributed by atoms with Gasteiger partial charge < -0.3 is 10.4 Å². The van der Waals surface area contributed by atoms with Crippen molar-refractivity contribution < 1.29 is 9.90 Å². The lowest BCUT2D eigenvalue weighted by Gasteiger charge is -2.08. The molecule has 0 aromatic carbocycles. The van der Waals surface area contributed by atoms with Crippen molar-refractivity contribution in [2.45, 2.75) is 38.7 Å². The van der Waals surface area contributed by atoms with Crippen molar-refractivity contribution in [3.8, 4) is 0 Å². The predicted molar refractivity (Wildman–Crippen MR) is 46.6 cm³/mol. The predicted octanol–water partition coefficient (Wildman–Crippen LogP) is 0.674. The molecule has 1 aliphatic rings. The van der Waals surface area contributed by atoms with Gasteiger partial charge in [-0.05, 0) is 25.7 Å². The van der Waals surface area contributed by atoms with Crippen LogP contribution in [-0.4, -0.2) is 23.7 Å². The van der Waals surface area contributed by atoms with Crippen molar-refractivity contribution >= 4 is 5.91 Å². The van der Waals surface area contributed by atoms with Crippen molar-refractivity contribution in [1.82, 2.24) is 5.32 Å². The average Bonchev–Trinajstić information content (AvgIpc) is 2.47. The van der Waals surface area contributed by atoms with Gasteiger partial charge in [0.25, 0.3) is 0 Å². The molecule has 1 amide bonds. The van der Waals surface area contributed by atoms with Crippen LogP contribution in [0.15, 0.2) is 0 Å². The largest absolute Gasteiger partial charge is 0.393 e. The third-order valence-electron chi connectivity index (χ3n) is 2.32. The van der Waals surface area contributed by atoms with E-state index in [0.717, 1.165) is 25.8 Å². The molecule has 1 fully saturated rings. The van der Waals surface area contributed by atoms with Gasteiger partial charge in [0.05, 0.1) is 6.10 Å². The summed E-state index contributed by atoms with van der Waals surface area (Å²) in [6, 6.07) is 0. The number of hydrogen-bond donors (Lipinski definition) is 2. The van der Waals surface area contributed by atoms with Gasteiger partial charge in [-0.25, -0.2) is 0 Å². The molecule has 0 aromatic rings. The van der Waals surface area contributed by atoms with Crippen LogP contribution in [0, 0.1) is 5.92 Å². The van der Waals surface area contributed by atoms with Crippen LogP contribution in [0.25, 0.3) is 0 Å². The van der Waals surface area contributed by atoms with E-state index < -0.39 is 0 Å². The molecule has 1 saturated carbocycles. The number of carbonyl (C=O) groups excluding carboxylic acids is 1. The van der Waals surface area contributed by atoms with Crippen LogP contribution in [-0.2, 0) is 4.79 Å². The zero-order valence-electron chi connectivity index (χ0n) is 7.55. The summed E-state index contributed by atoms with van der Waals surface area (Å²) in [6.07, 6.45) is 3.00. The van der Waals surface area contributed by atoms with E-state index in [1.807, 2.05) is 6.92 Å². The first-order valence-corrected chi connectivity index (χ1v) is 4.69. The van der Waals surface area contributed by atoms with Gasteiger partial charge in [-0.1, -0.05) is 6.92 Å². The fraction of sp³-hybridized carbons (Fsp3) is 0.889.